The molecule has 9 nitrogen and oxygen atoms in total. The molecule has 3 aromatic carbocycles. The molecule has 0 bridgehead atoms. The second-order valence-corrected chi connectivity index (χ2v) is 8.40. The Morgan fingerprint density at radius 2 is 1.71 bits per heavy atom. The van der Waals surface area contributed by atoms with Crippen molar-refractivity contribution in [1.29, 1.82) is 0 Å². The fourth-order valence-electron chi connectivity index (χ4n) is 3.18. The number of non-ortho nitro benzene ring substituents is 1. The van der Waals surface area contributed by atoms with E-state index in [1.165, 1.54) is 23.9 Å². The summed E-state index contributed by atoms with van der Waals surface area (Å²) in [6, 6.07) is 23.2. The third-order valence-corrected chi connectivity index (χ3v) is 5.95. The van der Waals surface area contributed by atoms with E-state index in [1.807, 2.05) is 61.5 Å². The lowest BCUT2D eigenvalue weighted by Gasteiger charge is -2.12. The molecule has 1 heterocycles. The van der Waals surface area contributed by atoms with Gasteiger partial charge in [-0.15, -0.1) is 10.2 Å². The highest BCUT2D eigenvalue weighted by Crippen LogP contribution is 2.26. The number of nitrogens with zero attached hydrogens (tertiary/aromatic N) is 4. The Morgan fingerprint density at radius 1 is 1.00 bits per heavy atom. The van der Waals surface area contributed by atoms with Gasteiger partial charge in [-0.2, -0.15) is 0 Å². The number of urea groups is 1. The summed E-state index contributed by atoms with van der Waals surface area (Å²) in [7, 11) is 0. The van der Waals surface area contributed by atoms with E-state index in [0.29, 0.717) is 28.1 Å². The summed E-state index contributed by atoms with van der Waals surface area (Å²) in [6.45, 7) is 2.09. The Bertz CT molecular complexity index is 1270. The Morgan fingerprint density at radius 3 is 2.38 bits per heavy atom. The van der Waals surface area contributed by atoms with Crippen LogP contribution in [0.15, 0.2) is 84.0 Å². The van der Waals surface area contributed by atoms with Gasteiger partial charge in [-0.1, -0.05) is 59.8 Å². The number of aromatic nitrogens is 3. The van der Waals surface area contributed by atoms with Crippen molar-refractivity contribution in [1.82, 2.24) is 20.1 Å². The van der Waals surface area contributed by atoms with Gasteiger partial charge in [0, 0.05) is 29.3 Å². The van der Waals surface area contributed by atoms with Gasteiger partial charge in [0.15, 0.2) is 11.0 Å². The van der Waals surface area contributed by atoms with Crippen molar-refractivity contribution < 1.29 is 9.72 Å². The first-order valence-corrected chi connectivity index (χ1v) is 11.5. The average Bonchev–Trinajstić information content (AvgIpc) is 3.26. The summed E-state index contributed by atoms with van der Waals surface area (Å²) in [4.78, 5) is 23.0. The van der Waals surface area contributed by atoms with E-state index in [-0.39, 0.29) is 18.3 Å². The predicted octanol–water partition coefficient (Wildman–Crippen LogP) is 5.10. The molecule has 0 radical (unpaired) electrons. The van der Waals surface area contributed by atoms with Gasteiger partial charge in [-0.25, -0.2) is 4.79 Å². The van der Waals surface area contributed by atoms with Gasteiger partial charge >= 0.3 is 6.03 Å². The Labute approximate surface area is 200 Å². The van der Waals surface area contributed by atoms with Crippen molar-refractivity contribution >= 4 is 29.2 Å². The molecule has 0 aliphatic rings. The van der Waals surface area contributed by atoms with Crippen LogP contribution in [0.25, 0.3) is 5.69 Å². The number of anilines is 1. The van der Waals surface area contributed by atoms with E-state index in [1.54, 1.807) is 16.7 Å². The second kappa shape index (κ2) is 10.6. The quantitative estimate of drug-likeness (QED) is 0.209. The van der Waals surface area contributed by atoms with Crippen molar-refractivity contribution in [2.45, 2.75) is 24.4 Å². The Hall–Kier alpha value is -4.18. The summed E-state index contributed by atoms with van der Waals surface area (Å²) in [5.74, 6) is 1.18. The molecule has 0 spiro atoms. The maximum Gasteiger partial charge on any atom is 0.319 e. The van der Waals surface area contributed by atoms with Crippen LogP contribution in [0.5, 0.6) is 0 Å². The molecule has 0 aliphatic heterocycles. The molecule has 0 saturated heterocycles. The minimum Gasteiger partial charge on any atom is -0.331 e. The fourth-order valence-corrected chi connectivity index (χ4v) is 4.11. The van der Waals surface area contributed by atoms with E-state index in [2.05, 4.69) is 20.8 Å². The standard InChI is InChI=1S/C24H22N6O3S/c1-17-7-9-19(10-8-17)26-23(31)25-15-22-27-28-24(34-16-18-5-3-2-4-6-18)29(22)20-11-13-21(14-12-20)30(32)33/h2-14H,15-16H2,1H3,(H2,25,26,31). The van der Waals surface area contributed by atoms with E-state index in [4.69, 9.17) is 0 Å². The smallest absolute Gasteiger partial charge is 0.319 e. The molecular formula is C24H22N6O3S. The number of hydrogen-bond donors (Lipinski definition) is 2. The number of nitrogens with one attached hydrogen (secondary N) is 2. The van der Waals surface area contributed by atoms with Gasteiger partial charge < -0.3 is 10.6 Å². The van der Waals surface area contributed by atoms with Gasteiger partial charge in [0.1, 0.15) is 0 Å². The topological polar surface area (TPSA) is 115 Å². The number of carbonyl (C=O) groups is 1. The van der Waals surface area contributed by atoms with Crippen molar-refractivity contribution in [2.75, 3.05) is 5.32 Å². The maximum atomic E-state index is 12.4. The number of thioether (sulfide) groups is 1. The van der Waals surface area contributed by atoms with E-state index in [9.17, 15) is 14.9 Å². The predicted molar refractivity (Wildman–Crippen MR) is 131 cm³/mol. The fraction of sp³-hybridized carbons (Fsp3) is 0.125. The van der Waals surface area contributed by atoms with Crippen molar-refractivity contribution in [3.8, 4) is 5.69 Å². The molecule has 0 fully saturated rings. The SMILES string of the molecule is Cc1ccc(NC(=O)NCc2nnc(SCc3ccccc3)n2-c2ccc([N+](=O)[O-])cc2)cc1. The average molecular weight is 475 g/mol. The summed E-state index contributed by atoms with van der Waals surface area (Å²) >= 11 is 1.49. The molecule has 4 aromatic rings. The summed E-state index contributed by atoms with van der Waals surface area (Å²) in [5.41, 5.74) is 3.57. The molecule has 0 atom stereocenters. The lowest BCUT2D eigenvalue weighted by molar-refractivity contribution is -0.384. The normalized spacial score (nSPS) is 10.6. The summed E-state index contributed by atoms with van der Waals surface area (Å²) in [5, 5.41) is 25.8. The lowest BCUT2D eigenvalue weighted by atomic mass is 10.2. The molecule has 2 N–H and O–H groups in total. The molecule has 4 rings (SSSR count). The van der Waals surface area contributed by atoms with Crippen LogP contribution in [0.2, 0.25) is 0 Å². The van der Waals surface area contributed by atoms with Gasteiger partial charge in [-0.3, -0.25) is 14.7 Å². The summed E-state index contributed by atoms with van der Waals surface area (Å²) < 4.78 is 1.80. The van der Waals surface area contributed by atoms with Crippen LogP contribution in [-0.2, 0) is 12.3 Å². The monoisotopic (exact) mass is 474 g/mol. The van der Waals surface area contributed by atoms with Gasteiger partial charge in [-0.05, 0) is 36.8 Å². The van der Waals surface area contributed by atoms with Crippen molar-refractivity contribution in [2.24, 2.45) is 0 Å². The number of nitro benzene ring substituents is 1. The zero-order valence-corrected chi connectivity index (χ0v) is 19.2. The Kier molecular flexibility index (Phi) is 7.19. The first-order chi connectivity index (χ1) is 16.5. The number of aryl methyl sites for hydroxylation is 1. The second-order valence-electron chi connectivity index (χ2n) is 7.46. The molecule has 10 heteroatoms. The largest absolute Gasteiger partial charge is 0.331 e. The Balaban J connectivity index is 1.53. The highest BCUT2D eigenvalue weighted by atomic mass is 32.2. The van der Waals surface area contributed by atoms with Crippen LogP contribution in [0, 0.1) is 17.0 Å². The van der Waals surface area contributed by atoms with Crippen LogP contribution >= 0.6 is 11.8 Å². The molecular weight excluding hydrogens is 452 g/mol. The van der Waals surface area contributed by atoms with Gasteiger partial charge in [0.05, 0.1) is 11.5 Å². The molecule has 34 heavy (non-hydrogen) atoms. The lowest BCUT2D eigenvalue weighted by Crippen LogP contribution is -2.29. The summed E-state index contributed by atoms with van der Waals surface area (Å²) in [6.07, 6.45) is 0. The molecule has 0 aliphatic carbocycles. The minimum absolute atomic E-state index is 0.00698. The van der Waals surface area contributed by atoms with Crippen LogP contribution in [0.3, 0.4) is 0 Å². The van der Waals surface area contributed by atoms with E-state index in [0.717, 1.165) is 11.1 Å². The third kappa shape index (κ3) is 5.78. The van der Waals surface area contributed by atoms with E-state index >= 15 is 0 Å². The molecule has 172 valence electrons. The molecule has 2 amide bonds. The third-order valence-electron chi connectivity index (χ3n) is 4.95. The van der Waals surface area contributed by atoms with Crippen LogP contribution in [0.1, 0.15) is 17.0 Å². The number of rotatable bonds is 8. The number of carbonyl (C=O) groups excluding carboxylic acids is 1. The number of hydrogen-bond acceptors (Lipinski definition) is 6. The van der Waals surface area contributed by atoms with Crippen molar-refractivity contribution in [3.63, 3.8) is 0 Å². The zero-order valence-electron chi connectivity index (χ0n) is 18.3. The highest BCUT2D eigenvalue weighted by Gasteiger charge is 2.17. The van der Waals surface area contributed by atoms with E-state index < -0.39 is 4.92 Å². The molecule has 0 saturated carbocycles. The first kappa shape index (κ1) is 23.0. The highest BCUT2D eigenvalue weighted by molar-refractivity contribution is 7.98. The molecule has 1 aromatic heterocycles. The first-order valence-electron chi connectivity index (χ1n) is 10.5. The maximum absolute atomic E-state index is 12.4. The minimum atomic E-state index is -0.446. The van der Waals surface area contributed by atoms with Crippen LogP contribution in [0.4, 0.5) is 16.2 Å². The van der Waals surface area contributed by atoms with Gasteiger partial charge in [0.25, 0.3) is 5.69 Å². The zero-order chi connectivity index (χ0) is 23.9. The number of benzene rings is 3. The molecule has 0 unspecified atom stereocenters. The number of nitro groups is 1. The van der Waals surface area contributed by atoms with Crippen molar-refractivity contribution in [3.05, 3.63) is 106 Å². The van der Waals surface area contributed by atoms with Crippen LogP contribution in [-0.4, -0.2) is 25.7 Å². The van der Waals surface area contributed by atoms with Crippen LogP contribution < -0.4 is 10.6 Å². The number of amides is 2. The van der Waals surface area contributed by atoms with Gasteiger partial charge in [0.2, 0.25) is 0 Å².